The molecule has 1 fully saturated rings. The molecule has 2 heterocycles. The van der Waals surface area contributed by atoms with E-state index >= 15 is 0 Å². The van der Waals surface area contributed by atoms with E-state index < -0.39 is 0 Å². The number of likely N-dealkylation sites (tertiary alicyclic amines) is 1. The van der Waals surface area contributed by atoms with Crippen LogP contribution in [-0.4, -0.2) is 42.3 Å². The molecule has 106 valence electrons. The fourth-order valence-corrected chi connectivity index (χ4v) is 4.29. The van der Waals surface area contributed by atoms with Crippen molar-refractivity contribution >= 4 is 11.3 Å². The van der Waals surface area contributed by atoms with Crippen molar-refractivity contribution in [3.05, 3.63) is 21.9 Å². The fourth-order valence-electron chi connectivity index (χ4n) is 3.30. The molecule has 3 nitrogen and oxygen atoms in total. The lowest BCUT2D eigenvalue weighted by Gasteiger charge is -2.26. The van der Waals surface area contributed by atoms with Gasteiger partial charge in [0, 0.05) is 24.0 Å². The Hall–Kier alpha value is -0.420. The van der Waals surface area contributed by atoms with Crippen LogP contribution in [0.2, 0.25) is 0 Å². The van der Waals surface area contributed by atoms with Gasteiger partial charge in [-0.05, 0) is 62.2 Å². The van der Waals surface area contributed by atoms with E-state index in [-0.39, 0.29) is 6.10 Å². The summed E-state index contributed by atoms with van der Waals surface area (Å²) in [5.41, 5.74) is 1.48. The van der Waals surface area contributed by atoms with E-state index in [1.165, 1.54) is 42.5 Å². The molecule has 0 radical (unpaired) electrons. The summed E-state index contributed by atoms with van der Waals surface area (Å²) in [7, 11) is 0. The van der Waals surface area contributed by atoms with E-state index in [9.17, 15) is 5.11 Å². The second-order valence-corrected chi connectivity index (χ2v) is 6.81. The number of fused-ring (bicyclic) bond motifs is 1. The third-order valence-corrected chi connectivity index (χ3v) is 5.32. The molecule has 1 aliphatic carbocycles. The lowest BCUT2D eigenvalue weighted by Crippen LogP contribution is -2.38. The molecule has 2 unspecified atom stereocenters. The number of hydrogen-bond donors (Lipinski definition) is 2. The third kappa shape index (κ3) is 3.37. The number of aryl methyl sites for hydroxylation is 1. The van der Waals surface area contributed by atoms with Gasteiger partial charge in [-0.3, -0.25) is 0 Å². The third-order valence-electron chi connectivity index (χ3n) is 4.32. The molecule has 4 heteroatoms. The highest BCUT2D eigenvalue weighted by Crippen LogP contribution is 2.33. The quantitative estimate of drug-likeness (QED) is 0.868. The van der Waals surface area contributed by atoms with Crippen molar-refractivity contribution in [2.24, 2.45) is 0 Å². The van der Waals surface area contributed by atoms with Crippen LogP contribution < -0.4 is 5.32 Å². The highest BCUT2D eigenvalue weighted by molar-refractivity contribution is 7.10. The number of aliphatic hydroxyl groups excluding tert-OH is 1. The highest BCUT2D eigenvalue weighted by atomic mass is 32.1. The van der Waals surface area contributed by atoms with Crippen LogP contribution in [0.25, 0.3) is 0 Å². The summed E-state index contributed by atoms with van der Waals surface area (Å²) in [6, 6.07) is 2.71. The molecule has 0 amide bonds. The van der Waals surface area contributed by atoms with Gasteiger partial charge in [-0.1, -0.05) is 0 Å². The molecular weight excluding hydrogens is 256 g/mol. The standard InChI is InChI=1S/C15H24N2OS/c18-12(11-17-7-1-2-8-17)10-16-14-4-3-5-15-13(14)6-9-19-15/h6,9,12,14,16,18H,1-5,7-8,10-11H2. The molecule has 2 N–H and O–H groups in total. The number of rotatable bonds is 5. The molecule has 1 aromatic heterocycles. The van der Waals surface area contributed by atoms with Gasteiger partial charge < -0.3 is 15.3 Å². The van der Waals surface area contributed by atoms with Crippen LogP contribution in [0.1, 0.15) is 42.2 Å². The average Bonchev–Trinajstić information content (AvgIpc) is 3.06. The maximum absolute atomic E-state index is 10.1. The van der Waals surface area contributed by atoms with Gasteiger partial charge in [-0.2, -0.15) is 0 Å². The monoisotopic (exact) mass is 280 g/mol. The number of β-amino-alcohol motifs (C(OH)–C–C–N with tert-alkyl or cyclic N) is 1. The van der Waals surface area contributed by atoms with Crippen LogP contribution in [0, 0.1) is 0 Å². The van der Waals surface area contributed by atoms with E-state index in [0.29, 0.717) is 6.04 Å². The van der Waals surface area contributed by atoms with E-state index in [1.807, 2.05) is 11.3 Å². The van der Waals surface area contributed by atoms with Crippen molar-refractivity contribution in [3.8, 4) is 0 Å². The molecule has 3 rings (SSSR count). The fraction of sp³-hybridized carbons (Fsp3) is 0.733. The predicted molar refractivity (Wildman–Crippen MR) is 79.7 cm³/mol. The van der Waals surface area contributed by atoms with Gasteiger partial charge in [-0.25, -0.2) is 0 Å². The first kappa shape index (κ1) is 13.6. The Morgan fingerprint density at radius 1 is 1.37 bits per heavy atom. The van der Waals surface area contributed by atoms with Gasteiger partial charge in [0.2, 0.25) is 0 Å². The Balaban J connectivity index is 1.47. The highest BCUT2D eigenvalue weighted by Gasteiger charge is 2.22. The Kier molecular flexibility index (Phi) is 4.53. The van der Waals surface area contributed by atoms with Gasteiger partial charge in [0.15, 0.2) is 0 Å². The summed E-state index contributed by atoms with van der Waals surface area (Å²) in [6.07, 6.45) is 6.07. The summed E-state index contributed by atoms with van der Waals surface area (Å²) in [5.74, 6) is 0. The Labute approximate surface area is 119 Å². The van der Waals surface area contributed by atoms with Crippen molar-refractivity contribution in [1.82, 2.24) is 10.2 Å². The van der Waals surface area contributed by atoms with Crippen molar-refractivity contribution in [3.63, 3.8) is 0 Å². The molecular formula is C15H24N2OS. The second kappa shape index (κ2) is 6.35. The SMILES string of the molecule is OC(CNC1CCCc2sccc21)CN1CCCC1. The summed E-state index contributed by atoms with van der Waals surface area (Å²) in [6.45, 7) is 3.87. The van der Waals surface area contributed by atoms with Crippen LogP contribution in [-0.2, 0) is 6.42 Å². The van der Waals surface area contributed by atoms with Gasteiger partial charge >= 0.3 is 0 Å². The maximum atomic E-state index is 10.1. The molecule has 0 aromatic carbocycles. The van der Waals surface area contributed by atoms with Gasteiger partial charge in [0.05, 0.1) is 6.10 Å². The zero-order valence-corrected chi connectivity index (χ0v) is 12.3. The second-order valence-electron chi connectivity index (χ2n) is 5.81. The molecule has 1 saturated heterocycles. The molecule has 0 spiro atoms. The molecule has 2 atom stereocenters. The zero-order valence-electron chi connectivity index (χ0n) is 11.5. The Morgan fingerprint density at radius 3 is 3.05 bits per heavy atom. The van der Waals surface area contributed by atoms with Crippen molar-refractivity contribution in [2.45, 2.75) is 44.2 Å². The number of aliphatic hydroxyl groups is 1. The largest absolute Gasteiger partial charge is 0.390 e. The minimum absolute atomic E-state index is 0.234. The smallest absolute Gasteiger partial charge is 0.0791 e. The number of thiophene rings is 1. The zero-order chi connectivity index (χ0) is 13.1. The molecule has 1 aliphatic heterocycles. The van der Waals surface area contributed by atoms with Crippen LogP contribution in [0.4, 0.5) is 0 Å². The number of nitrogens with one attached hydrogen (secondary N) is 1. The lowest BCUT2D eigenvalue weighted by molar-refractivity contribution is 0.119. The first-order valence-corrected chi connectivity index (χ1v) is 8.41. The summed E-state index contributed by atoms with van der Waals surface area (Å²) >= 11 is 1.88. The predicted octanol–water partition coefficient (Wildman–Crippen LogP) is 2.17. The Morgan fingerprint density at radius 2 is 2.21 bits per heavy atom. The van der Waals surface area contributed by atoms with E-state index in [4.69, 9.17) is 0 Å². The summed E-state index contributed by atoms with van der Waals surface area (Å²) in [5, 5.41) is 15.9. The lowest BCUT2D eigenvalue weighted by atomic mass is 9.94. The molecule has 1 aromatic rings. The minimum atomic E-state index is -0.234. The number of nitrogens with zero attached hydrogens (tertiary/aromatic N) is 1. The van der Waals surface area contributed by atoms with E-state index in [2.05, 4.69) is 21.7 Å². The summed E-state index contributed by atoms with van der Waals surface area (Å²) < 4.78 is 0. The van der Waals surface area contributed by atoms with E-state index in [1.54, 1.807) is 0 Å². The Bertz CT molecular complexity index is 401. The van der Waals surface area contributed by atoms with Gasteiger partial charge in [-0.15, -0.1) is 11.3 Å². The van der Waals surface area contributed by atoms with Crippen molar-refractivity contribution < 1.29 is 5.11 Å². The van der Waals surface area contributed by atoms with Gasteiger partial charge in [0.25, 0.3) is 0 Å². The van der Waals surface area contributed by atoms with Gasteiger partial charge in [0.1, 0.15) is 0 Å². The van der Waals surface area contributed by atoms with Crippen molar-refractivity contribution in [1.29, 1.82) is 0 Å². The van der Waals surface area contributed by atoms with Crippen molar-refractivity contribution in [2.75, 3.05) is 26.2 Å². The molecule has 19 heavy (non-hydrogen) atoms. The van der Waals surface area contributed by atoms with Crippen LogP contribution in [0.3, 0.4) is 0 Å². The van der Waals surface area contributed by atoms with Crippen LogP contribution in [0.5, 0.6) is 0 Å². The minimum Gasteiger partial charge on any atom is -0.390 e. The van der Waals surface area contributed by atoms with Crippen LogP contribution in [0.15, 0.2) is 11.4 Å². The summed E-state index contributed by atoms with van der Waals surface area (Å²) in [4.78, 5) is 3.92. The molecule has 0 saturated carbocycles. The molecule has 2 aliphatic rings. The number of hydrogen-bond acceptors (Lipinski definition) is 4. The van der Waals surface area contributed by atoms with Crippen LogP contribution >= 0.6 is 11.3 Å². The topological polar surface area (TPSA) is 35.5 Å². The average molecular weight is 280 g/mol. The first-order chi connectivity index (χ1) is 9.33. The maximum Gasteiger partial charge on any atom is 0.0791 e. The normalized spacial score (nSPS) is 25.4. The molecule has 0 bridgehead atoms. The van der Waals surface area contributed by atoms with E-state index in [0.717, 1.165) is 26.2 Å². The first-order valence-electron chi connectivity index (χ1n) is 7.53.